The maximum atomic E-state index is 11.2. The predicted octanol–water partition coefficient (Wildman–Crippen LogP) is 1.39. The van der Waals surface area contributed by atoms with Crippen LogP contribution in [0.15, 0.2) is 24.3 Å². The van der Waals surface area contributed by atoms with E-state index in [0.29, 0.717) is 5.56 Å². The van der Waals surface area contributed by atoms with Crippen LogP contribution < -0.4 is 0 Å². The van der Waals surface area contributed by atoms with E-state index in [1.54, 1.807) is 0 Å². The van der Waals surface area contributed by atoms with Crippen molar-refractivity contribution in [2.75, 3.05) is 6.26 Å². The number of halogens is 1. The third kappa shape index (κ3) is 3.48. The van der Waals surface area contributed by atoms with E-state index in [1.165, 1.54) is 24.3 Å². The first-order valence-corrected chi connectivity index (χ1v) is 7.36. The fourth-order valence-electron chi connectivity index (χ4n) is 1.18. The Morgan fingerprint density at radius 2 is 1.82 bits per heavy atom. The zero-order valence-corrected chi connectivity index (χ0v) is 11.2. The van der Waals surface area contributed by atoms with Gasteiger partial charge >= 0.3 is 0 Å². The van der Waals surface area contributed by atoms with Gasteiger partial charge in [-0.15, -0.1) is 0 Å². The Hall–Kier alpha value is -0.990. The van der Waals surface area contributed by atoms with Crippen molar-refractivity contribution < 1.29 is 18.4 Å². The van der Waals surface area contributed by atoms with Gasteiger partial charge in [-0.3, -0.25) is 10.1 Å². The summed E-state index contributed by atoms with van der Waals surface area (Å²) in [6, 6.07) is 5.06. The van der Waals surface area contributed by atoms with E-state index in [2.05, 4.69) is 15.9 Å². The molecule has 94 valence electrons. The van der Waals surface area contributed by atoms with Gasteiger partial charge in [-0.2, -0.15) is 0 Å². The van der Waals surface area contributed by atoms with Crippen molar-refractivity contribution in [3.05, 3.63) is 39.9 Å². The fraction of sp³-hybridized carbons (Fsp3) is 0.333. The van der Waals surface area contributed by atoms with Crippen LogP contribution in [0.3, 0.4) is 0 Å². The van der Waals surface area contributed by atoms with Crippen LogP contribution in [-0.4, -0.2) is 28.9 Å². The molecule has 1 N–H and O–H groups in total. The molecule has 2 atom stereocenters. The molecule has 6 nitrogen and oxygen atoms in total. The van der Waals surface area contributed by atoms with Gasteiger partial charge in [0.25, 0.3) is 5.69 Å². The molecule has 0 amide bonds. The lowest BCUT2D eigenvalue weighted by Crippen LogP contribution is -2.21. The minimum atomic E-state index is -3.44. The maximum absolute atomic E-state index is 11.2. The van der Waals surface area contributed by atoms with Crippen LogP contribution in [0.25, 0.3) is 0 Å². The van der Waals surface area contributed by atoms with Gasteiger partial charge in [0, 0.05) is 18.4 Å². The van der Waals surface area contributed by atoms with Crippen LogP contribution in [0.2, 0.25) is 0 Å². The topological polar surface area (TPSA) is 97.5 Å². The van der Waals surface area contributed by atoms with Crippen molar-refractivity contribution in [1.29, 1.82) is 0 Å². The molecule has 0 saturated heterocycles. The zero-order chi connectivity index (χ0) is 13.2. The molecule has 2 unspecified atom stereocenters. The van der Waals surface area contributed by atoms with Crippen LogP contribution in [-0.2, 0) is 9.84 Å². The van der Waals surface area contributed by atoms with Crippen molar-refractivity contribution in [3.8, 4) is 0 Å². The average molecular weight is 324 g/mol. The third-order valence-electron chi connectivity index (χ3n) is 2.10. The standard InChI is InChI=1S/C9H10BrNO5S/c1-17(15,16)9(10)8(12)6-2-4-7(5-3-6)11(13)14/h2-5,8-9,12H,1H3. The number of alkyl halides is 1. The summed E-state index contributed by atoms with van der Waals surface area (Å²) in [6.45, 7) is 0. The van der Waals surface area contributed by atoms with Gasteiger partial charge in [0.1, 0.15) is 10.3 Å². The summed E-state index contributed by atoms with van der Waals surface area (Å²) in [5, 5.41) is 20.2. The first kappa shape index (κ1) is 14.1. The Kier molecular flexibility index (Phi) is 4.23. The van der Waals surface area contributed by atoms with Crippen molar-refractivity contribution >= 4 is 31.5 Å². The minimum absolute atomic E-state index is 0.119. The smallest absolute Gasteiger partial charge is 0.269 e. The first-order valence-electron chi connectivity index (χ1n) is 4.49. The zero-order valence-electron chi connectivity index (χ0n) is 8.78. The molecule has 0 spiro atoms. The molecule has 8 heteroatoms. The second-order valence-electron chi connectivity index (χ2n) is 3.47. The van der Waals surface area contributed by atoms with Crippen LogP contribution in [0.1, 0.15) is 11.7 Å². The van der Waals surface area contributed by atoms with Crippen LogP contribution in [0.5, 0.6) is 0 Å². The number of sulfone groups is 1. The fourth-order valence-corrected chi connectivity index (χ4v) is 2.11. The molecule has 17 heavy (non-hydrogen) atoms. The second kappa shape index (κ2) is 5.11. The van der Waals surface area contributed by atoms with E-state index in [-0.39, 0.29) is 5.69 Å². The van der Waals surface area contributed by atoms with Crippen molar-refractivity contribution in [2.45, 2.75) is 10.3 Å². The highest BCUT2D eigenvalue weighted by atomic mass is 79.9. The minimum Gasteiger partial charge on any atom is -0.386 e. The number of aliphatic hydroxyl groups excluding tert-OH is 1. The predicted molar refractivity (Wildman–Crippen MR) is 65.6 cm³/mol. The summed E-state index contributed by atoms with van der Waals surface area (Å²) in [6.07, 6.45) is -0.285. The molecular weight excluding hydrogens is 314 g/mol. The molecule has 0 aromatic heterocycles. The molecule has 0 aliphatic rings. The maximum Gasteiger partial charge on any atom is 0.269 e. The molecular formula is C9H10BrNO5S. The summed E-state index contributed by atoms with van der Waals surface area (Å²) in [4.78, 5) is 9.84. The van der Waals surface area contributed by atoms with E-state index in [1.807, 2.05) is 0 Å². The summed E-state index contributed by atoms with van der Waals surface area (Å²) in [7, 11) is -3.44. The molecule has 0 fully saturated rings. The summed E-state index contributed by atoms with van der Waals surface area (Å²) in [5.41, 5.74) is 0.175. The molecule has 1 aromatic carbocycles. The number of hydrogen-bond acceptors (Lipinski definition) is 5. The highest BCUT2D eigenvalue weighted by molar-refractivity contribution is 9.11. The van der Waals surface area contributed by atoms with Crippen molar-refractivity contribution in [2.24, 2.45) is 0 Å². The number of aliphatic hydroxyl groups is 1. The van der Waals surface area contributed by atoms with Crippen LogP contribution in [0, 0.1) is 10.1 Å². The van der Waals surface area contributed by atoms with Crippen LogP contribution in [0.4, 0.5) is 5.69 Å². The highest BCUT2D eigenvalue weighted by Crippen LogP contribution is 2.27. The Morgan fingerprint density at radius 1 is 1.35 bits per heavy atom. The monoisotopic (exact) mass is 323 g/mol. The number of benzene rings is 1. The molecule has 0 saturated carbocycles. The molecule has 0 aliphatic carbocycles. The lowest BCUT2D eigenvalue weighted by atomic mass is 10.1. The van der Waals surface area contributed by atoms with Gasteiger partial charge in [-0.25, -0.2) is 8.42 Å². The van der Waals surface area contributed by atoms with E-state index >= 15 is 0 Å². The first-order chi connectivity index (χ1) is 7.73. The van der Waals surface area contributed by atoms with Crippen molar-refractivity contribution in [1.82, 2.24) is 0 Å². The normalized spacial score (nSPS) is 15.2. The van der Waals surface area contributed by atoms with E-state index in [4.69, 9.17) is 0 Å². The number of non-ortho nitro benzene ring substituents is 1. The Balaban J connectivity index is 2.98. The third-order valence-corrected chi connectivity index (χ3v) is 5.72. The van der Waals surface area contributed by atoms with Gasteiger partial charge < -0.3 is 5.11 Å². The van der Waals surface area contributed by atoms with Crippen LogP contribution >= 0.6 is 15.9 Å². The molecule has 1 rings (SSSR count). The quantitative estimate of drug-likeness (QED) is 0.513. The summed E-state index contributed by atoms with van der Waals surface area (Å²) < 4.78 is 21.3. The van der Waals surface area contributed by atoms with Gasteiger partial charge in [0.15, 0.2) is 9.84 Å². The lowest BCUT2D eigenvalue weighted by molar-refractivity contribution is -0.384. The summed E-state index contributed by atoms with van der Waals surface area (Å²) >= 11 is 2.88. The number of nitrogens with zero attached hydrogens (tertiary/aromatic N) is 1. The SMILES string of the molecule is CS(=O)(=O)C(Br)C(O)c1ccc([N+](=O)[O-])cc1. The second-order valence-corrected chi connectivity index (χ2v) is 7.23. The van der Waals surface area contributed by atoms with Gasteiger partial charge in [-0.1, -0.05) is 15.9 Å². The summed E-state index contributed by atoms with van der Waals surface area (Å²) in [5.74, 6) is 0. The highest BCUT2D eigenvalue weighted by Gasteiger charge is 2.27. The van der Waals surface area contributed by atoms with Gasteiger partial charge in [0.2, 0.25) is 0 Å². The number of hydrogen-bond donors (Lipinski definition) is 1. The molecule has 0 radical (unpaired) electrons. The van der Waals surface area contributed by atoms with E-state index < -0.39 is 25.0 Å². The van der Waals surface area contributed by atoms with Crippen molar-refractivity contribution in [3.63, 3.8) is 0 Å². The Morgan fingerprint density at radius 3 is 2.18 bits per heavy atom. The number of nitro benzene ring substituents is 1. The van der Waals surface area contributed by atoms with E-state index in [0.717, 1.165) is 6.26 Å². The molecule has 0 aliphatic heterocycles. The largest absolute Gasteiger partial charge is 0.386 e. The lowest BCUT2D eigenvalue weighted by Gasteiger charge is -2.15. The van der Waals surface area contributed by atoms with E-state index in [9.17, 15) is 23.6 Å². The number of nitro groups is 1. The van der Waals surface area contributed by atoms with Gasteiger partial charge in [0.05, 0.1) is 4.92 Å². The van der Waals surface area contributed by atoms with Gasteiger partial charge in [-0.05, 0) is 17.7 Å². The Bertz CT molecular complexity index is 513. The molecule has 0 bridgehead atoms. The Labute approximate surface area is 106 Å². The number of rotatable bonds is 4. The average Bonchev–Trinajstić information content (AvgIpc) is 2.26. The molecule has 0 heterocycles. The molecule has 1 aromatic rings.